The summed E-state index contributed by atoms with van der Waals surface area (Å²) >= 11 is 9.52. The van der Waals surface area contributed by atoms with Crippen molar-refractivity contribution >= 4 is 27.5 Å². The molecule has 0 bridgehead atoms. The van der Waals surface area contributed by atoms with Gasteiger partial charge in [0.05, 0.1) is 0 Å². The van der Waals surface area contributed by atoms with E-state index in [1.807, 2.05) is 48.5 Å². The number of halogens is 2. The van der Waals surface area contributed by atoms with Crippen molar-refractivity contribution in [2.75, 3.05) is 0 Å². The lowest BCUT2D eigenvalue weighted by Crippen LogP contribution is -1.97. The molecule has 0 radical (unpaired) electrons. The summed E-state index contributed by atoms with van der Waals surface area (Å²) in [6, 6.07) is 15.8. The molecule has 88 valence electrons. The molecule has 17 heavy (non-hydrogen) atoms. The summed E-state index contributed by atoms with van der Waals surface area (Å²) in [4.78, 5) is 0. The standard InChI is InChI=1S/C14H12BrClO/c15-9-12-13(16)7-4-8-14(12)17-10-11-5-2-1-3-6-11/h1-8H,9-10H2. The molecule has 0 saturated carbocycles. The summed E-state index contributed by atoms with van der Waals surface area (Å²) in [5.74, 6) is 0.832. The monoisotopic (exact) mass is 310 g/mol. The molecule has 1 nitrogen and oxygen atoms in total. The summed E-state index contributed by atoms with van der Waals surface area (Å²) in [5.41, 5.74) is 2.14. The zero-order chi connectivity index (χ0) is 12.1. The van der Waals surface area contributed by atoms with Crippen LogP contribution in [-0.4, -0.2) is 0 Å². The number of hydrogen-bond acceptors (Lipinski definition) is 1. The van der Waals surface area contributed by atoms with Crippen molar-refractivity contribution in [1.29, 1.82) is 0 Å². The van der Waals surface area contributed by atoms with Crippen LogP contribution in [0.1, 0.15) is 11.1 Å². The van der Waals surface area contributed by atoms with Gasteiger partial charge in [-0.1, -0.05) is 63.9 Å². The predicted octanol–water partition coefficient (Wildman–Crippen LogP) is 4.81. The first-order chi connectivity index (χ1) is 8.31. The van der Waals surface area contributed by atoms with Crippen molar-refractivity contribution in [3.63, 3.8) is 0 Å². The molecule has 0 amide bonds. The predicted molar refractivity (Wildman–Crippen MR) is 74.9 cm³/mol. The first-order valence-corrected chi connectivity index (χ1v) is 6.81. The van der Waals surface area contributed by atoms with E-state index in [0.717, 1.165) is 21.9 Å². The molecule has 0 fully saturated rings. The Morgan fingerprint density at radius 3 is 2.47 bits per heavy atom. The van der Waals surface area contributed by atoms with Crippen molar-refractivity contribution < 1.29 is 4.74 Å². The highest BCUT2D eigenvalue weighted by molar-refractivity contribution is 9.08. The fourth-order valence-corrected chi connectivity index (χ4v) is 2.51. The van der Waals surface area contributed by atoms with Crippen molar-refractivity contribution in [2.24, 2.45) is 0 Å². The minimum absolute atomic E-state index is 0.557. The number of ether oxygens (including phenoxy) is 1. The number of alkyl halides is 1. The highest BCUT2D eigenvalue weighted by atomic mass is 79.9. The van der Waals surface area contributed by atoms with Crippen molar-refractivity contribution in [3.05, 3.63) is 64.7 Å². The molecule has 0 heterocycles. The van der Waals surface area contributed by atoms with Crippen LogP contribution in [-0.2, 0) is 11.9 Å². The molecule has 0 aliphatic rings. The van der Waals surface area contributed by atoms with Gasteiger partial charge in [0.15, 0.2) is 0 Å². The van der Waals surface area contributed by atoms with Crippen LogP contribution in [0, 0.1) is 0 Å². The largest absolute Gasteiger partial charge is 0.489 e. The lowest BCUT2D eigenvalue weighted by Gasteiger charge is -2.11. The van der Waals surface area contributed by atoms with E-state index >= 15 is 0 Å². The lowest BCUT2D eigenvalue weighted by molar-refractivity contribution is 0.304. The van der Waals surface area contributed by atoms with E-state index in [0.29, 0.717) is 11.9 Å². The lowest BCUT2D eigenvalue weighted by atomic mass is 10.2. The van der Waals surface area contributed by atoms with Gasteiger partial charge >= 0.3 is 0 Å². The molecule has 0 aliphatic carbocycles. The average Bonchev–Trinajstić information content (AvgIpc) is 2.37. The first-order valence-electron chi connectivity index (χ1n) is 5.31. The SMILES string of the molecule is Clc1cccc(OCc2ccccc2)c1CBr. The quantitative estimate of drug-likeness (QED) is 0.736. The second-order valence-electron chi connectivity index (χ2n) is 3.62. The average molecular weight is 312 g/mol. The van der Waals surface area contributed by atoms with E-state index in [-0.39, 0.29) is 0 Å². The van der Waals surface area contributed by atoms with Crippen molar-refractivity contribution in [2.45, 2.75) is 11.9 Å². The van der Waals surface area contributed by atoms with Gasteiger partial charge in [0, 0.05) is 15.9 Å². The summed E-state index contributed by atoms with van der Waals surface area (Å²) in [5, 5.41) is 1.42. The molecule has 0 spiro atoms. The molecular formula is C14H12BrClO. The zero-order valence-corrected chi connectivity index (χ0v) is 11.5. The van der Waals surface area contributed by atoms with Gasteiger partial charge < -0.3 is 4.74 Å². The van der Waals surface area contributed by atoms with E-state index in [4.69, 9.17) is 16.3 Å². The molecule has 0 atom stereocenters. The summed E-state index contributed by atoms with van der Waals surface area (Å²) in [6.07, 6.45) is 0. The van der Waals surface area contributed by atoms with Gasteiger partial charge in [-0.2, -0.15) is 0 Å². The minimum atomic E-state index is 0.557. The summed E-state index contributed by atoms with van der Waals surface area (Å²) in [6.45, 7) is 0.557. The van der Waals surface area contributed by atoms with E-state index in [1.165, 1.54) is 0 Å². The second-order valence-corrected chi connectivity index (χ2v) is 4.59. The van der Waals surface area contributed by atoms with Gasteiger partial charge in [-0.3, -0.25) is 0 Å². The van der Waals surface area contributed by atoms with Gasteiger partial charge in [0.25, 0.3) is 0 Å². The molecule has 2 aromatic carbocycles. The topological polar surface area (TPSA) is 9.23 Å². The van der Waals surface area contributed by atoms with E-state index < -0.39 is 0 Å². The first kappa shape index (κ1) is 12.5. The van der Waals surface area contributed by atoms with Crippen molar-refractivity contribution in [3.8, 4) is 5.75 Å². The van der Waals surface area contributed by atoms with Crippen LogP contribution in [0.5, 0.6) is 5.75 Å². The van der Waals surface area contributed by atoms with Crippen LogP contribution in [0.2, 0.25) is 5.02 Å². The van der Waals surface area contributed by atoms with Crippen LogP contribution in [0.25, 0.3) is 0 Å². The Labute approximate surface area is 115 Å². The number of benzene rings is 2. The Balaban J connectivity index is 2.12. The Kier molecular flexibility index (Phi) is 4.46. The maximum atomic E-state index is 6.10. The fourth-order valence-electron chi connectivity index (χ4n) is 1.54. The summed E-state index contributed by atoms with van der Waals surface area (Å²) in [7, 11) is 0. The minimum Gasteiger partial charge on any atom is -0.489 e. The van der Waals surface area contributed by atoms with Crippen LogP contribution in [0.15, 0.2) is 48.5 Å². The van der Waals surface area contributed by atoms with Gasteiger partial charge in [0.1, 0.15) is 12.4 Å². The maximum Gasteiger partial charge on any atom is 0.125 e. The Morgan fingerprint density at radius 2 is 1.76 bits per heavy atom. The molecule has 2 aromatic rings. The molecule has 0 saturated heterocycles. The smallest absolute Gasteiger partial charge is 0.125 e. The Bertz CT molecular complexity index is 485. The number of rotatable bonds is 4. The van der Waals surface area contributed by atoms with Crippen molar-refractivity contribution in [1.82, 2.24) is 0 Å². The normalized spacial score (nSPS) is 10.2. The highest BCUT2D eigenvalue weighted by Crippen LogP contribution is 2.29. The Hall–Kier alpha value is -0.990. The van der Waals surface area contributed by atoms with Crippen LogP contribution in [0.4, 0.5) is 0 Å². The molecule has 3 heteroatoms. The van der Waals surface area contributed by atoms with Crippen LogP contribution in [0.3, 0.4) is 0 Å². The van der Waals surface area contributed by atoms with Crippen LogP contribution >= 0.6 is 27.5 Å². The molecular weight excluding hydrogens is 300 g/mol. The van der Waals surface area contributed by atoms with Gasteiger partial charge in [-0.05, 0) is 17.7 Å². The molecule has 0 unspecified atom stereocenters. The van der Waals surface area contributed by atoms with Crippen LogP contribution < -0.4 is 4.74 Å². The van der Waals surface area contributed by atoms with E-state index in [9.17, 15) is 0 Å². The highest BCUT2D eigenvalue weighted by Gasteiger charge is 2.06. The van der Waals surface area contributed by atoms with Gasteiger partial charge in [0.2, 0.25) is 0 Å². The fraction of sp³-hybridized carbons (Fsp3) is 0.143. The summed E-state index contributed by atoms with van der Waals surface area (Å²) < 4.78 is 5.78. The molecule has 0 aliphatic heterocycles. The maximum absolute atomic E-state index is 6.10. The Morgan fingerprint density at radius 1 is 1.00 bits per heavy atom. The molecule has 0 aromatic heterocycles. The third kappa shape index (κ3) is 3.24. The van der Waals surface area contributed by atoms with E-state index in [2.05, 4.69) is 15.9 Å². The third-order valence-electron chi connectivity index (χ3n) is 2.45. The zero-order valence-electron chi connectivity index (χ0n) is 9.20. The van der Waals surface area contributed by atoms with Gasteiger partial charge in [-0.25, -0.2) is 0 Å². The van der Waals surface area contributed by atoms with Gasteiger partial charge in [-0.15, -0.1) is 0 Å². The molecule has 2 rings (SSSR count). The molecule has 0 N–H and O–H groups in total. The van der Waals surface area contributed by atoms with E-state index in [1.54, 1.807) is 0 Å². The third-order valence-corrected chi connectivity index (χ3v) is 3.36. The number of hydrogen-bond donors (Lipinski definition) is 0. The second kappa shape index (κ2) is 6.08.